The van der Waals surface area contributed by atoms with Crippen molar-refractivity contribution in [2.24, 2.45) is 0 Å². The van der Waals surface area contributed by atoms with Gasteiger partial charge in [-0.15, -0.1) is 0 Å². The molecule has 1 aliphatic rings. The molecule has 0 amide bonds. The lowest BCUT2D eigenvalue weighted by Gasteiger charge is -1.96. The first-order chi connectivity index (χ1) is 8.97. The van der Waals surface area contributed by atoms with Gasteiger partial charge in [0.2, 0.25) is 0 Å². The molecular formula is C11H20N3O4P. The van der Waals surface area contributed by atoms with E-state index >= 15 is 0 Å². The molecule has 1 atom stereocenters. The highest BCUT2D eigenvalue weighted by atomic mass is 31.2. The molecule has 0 spiro atoms. The SMILES string of the molecule is CCCCCC[n+]1ccn2c1P2(=O)CC.O=[N+]([O-])[O-]. The molecule has 19 heavy (non-hydrogen) atoms. The third-order valence-corrected chi connectivity index (χ3v) is 5.94. The molecule has 1 aromatic rings. The van der Waals surface area contributed by atoms with Crippen LogP contribution in [0.3, 0.4) is 0 Å². The molecule has 1 unspecified atom stereocenters. The number of aryl methyl sites for hydroxylation is 1. The van der Waals surface area contributed by atoms with Crippen molar-refractivity contribution in [3.63, 3.8) is 0 Å². The predicted molar refractivity (Wildman–Crippen MR) is 72.3 cm³/mol. The van der Waals surface area contributed by atoms with Gasteiger partial charge in [0.05, 0.1) is 11.6 Å². The van der Waals surface area contributed by atoms with Gasteiger partial charge in [0.1, 0.15) is 12.4 Å². The smallest absolute Gasteiger partial charge is 0.356 e. The van der Waals surface area contributed by atoms with Crippen LogP contribution in [-0.2, 0) is 11.1 Å². The maximum atomic E-state index is 12.1. The number of aromatic nitrogens is 2. The van der Waals surface area contributed by atoms with Crippen LogP contribution in [0, 0.1) is 15.3 Å². The molecular weight excluding hydrogens is 269 g/mol. The van der Waals surface area contributed by atoms with Crippen molar-refractivity contribution in [1.82, 2.24) is 4.34 Å². The monoisotopic (exact) mass is 289 g/mol. The van der Waals surface area contributed by atoms with Crippen LogP contribution in [0.15, 0.2) is 12.4 Å². The minimum absolute atomic E-state index is 0.776. The Balaban J connectivity index is 0.000000399. The zero-order valence-electron chi connectivity index (χ0n) is 11.3. The van der Waals surface area contributed by atoms with E-state index in [0.29, 0.717) is 0 Å². The first-order valence-corrected chi connectivity index (χ1v) is 8.34. The van der Waals surface area contributed by atoms with E-state index in [1.165, 1.54) is 25.7 Å². The number of imidazole rings is 1. The van der Waals surface area contributed by atoms with Gasteiger partial charge >= 0.3 is 12.9 Å². The van der Waals surface area contributed by atoms with Crippen molar-refractivity contribution in [3.05, 3.63) is 27.7 Å². The topological polar surface area (TPSA) is 92.1 Å². The molecule has 0 aromatic carbocycles. The van der Waals surface area contributed by atoms with Crippen LogP contribution in [0.4, 0.5) is 0 Å². The largest absolute Gasteiger partial charge is 0.363 e. The summed E-state index contributed by atoms with van der Waals surface area (Å²) in [6.07, 6.45) is 9.88. The molecule has 0 radical (unpaired) electrons. The Labute approximate surface area is 112 Å². The zero-order valence-corrected chi connectivity index (χ0v) is 12.2. The van der Waals surface area contributed by atoms with Crippen molar-refractivity contribution in [2.75, 3.05) is 6.16 Å². The second kappa shape index (κ2) is 6.70. The lowest BCUT2D eigenvalue weighted by molar-refractivity contribution is -0.677. The molecule has 0 aliphatic carbocycles. The third-order valence-electron chi connectivity index (χ3n) is 3.15. The van der Waals surface area contributed by atoms with Gasteiger partial charge < -0.3 is 15.3 Å². The van der Waals surface area contributed by atoms with Gasteiger partial charge in [-0.25, -0.2) is 4.57 Å². The van der Waals surface area contributed by atoms with Gasteiger partial charge in [-0.1, -0.05) is 26.7 Å². The van der Waals surface area contributed by atoms with Crippen molar-refractivity contribution >= 4 is 12.9 Å². The number of hydrogen-bond acceptors (Lipinski definition) is 4. The summed E-state index contributed by atoms with van der Waals surface area (Å²) in [5.74, 6) is 0. The van der Waals surface area contributed by atoms with E-state index in [9.17, 15) is 4.57 Å². The van der Waals surface area contributed by atoms with Crippen LogP contribution in [0.5, 0.6) is 0 Å². The molecule has 108 valence electrons. The van der Waals surface area contributed by atoms with Crippen LogP contribution < -0.4 is 10.1 Å². The zero-order chi connectivity index (χ0) is 14.5. The van der Waals surface area contributed by atoms with Crippen LogP contribution in [0.25, 0.3) is 0 Å². The predicted octanol–water partition coefficient (Wildman–Crippen LogP) is 1.90. The van der Waals surface area contributed by atoms with E-state index in [0.717, 1.165) is 18.3 Å². The molecule has 0 fully saturated rings. The highest BCUT2D eigenvalue weighted by Crippen LogP contribution is 2.56. The van der Waals surface area contributed by atoms with Crippen molar-refractivity contribution in [2.45, 2.75) is 46.1 Å². The Bertz CT molecular complexity index is 482. The van der Waals surface area contributed by atoms with Gasteiger partial charge in [-0.05, 0) is 12.8 Å². The number of fused-ring (bicyclic) bond motifs is 1. The lowest BCUT2D eigenvalue weighted by atomic mass is 10.2. The Morgan fingerprint density at radius 1 is 1.32 bits per heavy atom. The van der Waals surface area contributed by atoms with Gasteiger partial charge in [0.25, 0.3) is 0 Å². The second-order valence-corrected chi connectivity index (χ2v) is 7.30. The molecule has 0 N–H and O–H groups in total. The fourth-order valence-electron chi connectivity index (χ4n) is 2.13. The second-order valence-electron chi connectivity index (χ2n) is 4.44. The van der Waals surface area contributed by atoms with Crippen LogP contribution in [0.2, 0.25) is 0 Å². The lowest BCUT2D eigenvalue weighted by Crippen LogP contribution is -2.41. The molecule has 2 rings (SSSR count). The Hall–Kier alpha value is -1.36. The molecule has 1 aliphatic heterocycles. The van der Waals surface area contributed by atoms with Crippen molar-refractivity contribution < 1.29 is 14.2 Å². The van der Waals surface area contributed by atoms with E-state index in [-0.39, 0.29) is 0 Å². The Morgan fingerprint density at radius 2 is 1.95 bits per heavy atom. The normalized spacial score (nSPS) is 19.3. The fourth-order valence-corrected chi connectivity index (χ4v) is 4.52. The summed E-state index contributed by atoms with van der Waals surface area (Å²) in [6, 6.07) is 0. The number of unbranched alkanes of at least 4 members (excludes halogenated alkanes) is 3. The summed E-state index contributed by atoms with van der Waals surface area (Å²) in [4.78, 5) is 8.25. The maximum Gasteiger partial charge on any atom is 0.363 e. The molecule has 0 saturated carbocycles. The standard InChI is InChI=1S/C11H20N2OP.NO3/c1-3-5-6-7-8-12-9-10-13-11(12)15(13,14)4-2;2-1(3)4/h9-10H,3-8H2,1-2H3;/q+1;-1. The van der Waals surface area contributed by atoms with Gasteiger partial charge in [0, 0.05) is 6.16 Å². The summed E-state index contributed by atoms with van der Waals surface area (Å²) in [6.45, 7) is 5.26. The average Bonchev–Trinajstić information content (AvgIpc) is 2.71. The Kier molecular flexibility index (Phi) is 5.54. The molecule has 0 bridgehead atoms. The number of nitrogens with zero attached hydrogens (tertiary/aromatic N) is 3. The van der Waals surface area contributed by atoms with E-state index in [1.54, 1.807) is 0 Å². The van der Waals surface area contributed by atoms with E-state index < -0.39 is 12.4 Å². The first-order valence-electron chi connectivity index (χ1n) is 6.50. The quantitative estimate of drug-likeness (QED) is 0.263. The fraction of sp³-hybridized carbons (Fsp3) is 0.727. The molecule has 7 nitrogen and oxygen atoms in total. The molecule has 0 saturated heterocycles. The third kappa shape index (κ3) is 3.80. The van der Waals surface area contributed by atoms with Crippen molar-refractivity contribution in [1.29, 1.82) is 0 Å². The van der Waals surface area contributed by atoms with Crippen LogP contribution in [0.1, 0.15) is 39.5 Å². The van der Waals surface area contributed by atoms with Crippen molar-refractivity contribution in [3.8, 4) is 0 Å². The van der Waals surface area contributed by atoms with Crippen LogP contribution >= 0.6 is 7.29 Å². The highest BCUT2D eigenvalue weighted by molar-refractivity contribution is 7.76. The minimum atomic E-state index is -2.03. The summed E-state index contributed by atoms with van der Waals surface area (Å²) >= 11 is 0. The maximum absolute atomic E-state index is 12.1. The summed E-state index contributed by atoms with van der Waals surface area (Å²) < 4.78 is 16.3. The van der Waals surface area contributed by atoms with Gasteiger partial charge in [0.15, 0.2) is 0 Å². The van der Waals surface area contributed by atoms with Gasteiger partial charge in [-0.3, -0.25) is 4.57 Å². The van der Waals surface area contributed by atoms with E-state index in [4.69, 9.17) is 15.3 Å². The number of hydrogen-bond donors (Lipinski definition) is 0. The highest BCUT2D eigenvalue weighted by Gasteiger charge is 2.58. The summed E-state index contributed by atoms with van der Waals surface area (Å²) in [5, 5.41) is 14.8. The Morgan fingerprint density at radius 3 is 2.42 bits per heavy atom. The van der Waals surface area contributed by atoms with E-state index in [2.05, 4.69) is 17.7 Å². The molecule has 2 heterocycles. The van der Waals surface area contributed by atoms with Gasteiger partial charge in [-0.2, -0.15) is 4.34 Å². The molecule has 8 heteroatoms. The summed E-state index contributed by atoms with van der Waals surface area (Å²) in [5.41, 5.74) is 1.08. The molecule has 1 aromatic heterocycles. The minimum Gasteiger partial charge on any atom is -0.356 e. The van der Waals surface area contributed by atoms with E-state index in [1.807, 2.05) is 17.5 Å². The van der Waals surface area contributed by atoms with Crippen LogP contribution in [-0.4, -0.2) is 15.6 Å². The summed E-state index contributed by atoms with van der Waals surface area (Å²) in [7, 11) is -2.03. The first kappa shape index (κ1) is 15.7. The average molecular weight is 289 g/mol. The number of rotatable bonds is 6.